The Morgan fingerprint density at radius 2 is 1.78 bits per heavy atom. The van der Waals surface area contributed by atoms with Gasteiger partial charge in [-0.1, -0.05) is 24.3 Å². The number of aromatic nitrogens is 2. The first-order chi connectivity index (χ1) is 16.6. The van der Waals surface area contributed by atoms with E-state index in [-0.39, 0.29) is 29.9 Å². The van der Waals surface area contributed by atoms with E-state index in [2.05, 4.69) is 15.0 Å². The monoisotopic (exact) mass is 523 g/mol. The van der Waals surface area contributed by atoms with Crippen LogP contribution in [-0.4, -0.2) is 42.4 Å². The van der Waals surface area contributed by atoms with Gasteiger partial charge in [0.15, 0.2) is 0 Å². The minimum absolute atomic E-state index is 0. The molecule has 0 bridgehead atoms. The second-order valence-electron chi connectivity index (χ2n) is 9.05. The molecule has 1 heterocycles. The smallest absolute Gasteiger partial charge is 0.405 e. The third kappa shape index (κ3) is 6.48. The van der Waals surface area contributed by atoms with Crippen molar-refractivity contribution in [3.63, 3.8) is 0 Å². The number of halogens is 4. The van der Waals surface area contributed by atoms with Crippen LogP contribution in [0.4, 0.5) is 24.9 Å². The highest BCUT2D eigenvalue weighted by molar-refractivity contribution is 5.96. The summed E-state index contributed by atoms with van der Waals surface area (Å²) in [4.78, 5) is 23.0. The summed E-state index contributed by atoms with van der Waals surface area (Å²) in [6, 6.07) is 12.3. The Labute approximate surface area is 213 Å². The first-order valence-corrected chi connectivity index (χ1v) is 11.5. The van der Waals surface area contributed by atoms with Crippen molar-refractivity contribution in [3.8, 4) is 5.75 Å². The molecule has 36 heavy (non-hydrogen) atoms. The molecule has 0 radical (unpaired) electrons. The topological polar surface area (TPSA) is 93.4 Å². The average Bonchev–Trinajstić information content (AvgIpc) is 2.79. The summed E-state index contributed by atoms with van der Waals surface area (Å²) < 4.78 is 43.1. The van der Waals surface area contributed by atoms with Crippen LogP contribution in [0.15, 0.2) is 42.5 Å². The van der Waals surface area contributed by atoms with Gasteiger partial charge in [-0.2, -0.15) is 4.98 Å². The van der Waals surface area contributed by atoms with E-state index in [1.807, 2.05) is 43.3 Å². The number of benzene rings is 2. The molecule has 4 rings (SSSR count). The summed E-state index contributed by atoms with van der Waals surface area (Å²) in [7, 11) is 3.88. The van der Waals surface area contributed by atoms with Crippen molar-refractivity contribution in [2.75, 3.05) is 24.3 Å². The van der Waals surface area contributed by atoms with E-state index < -0.39 is 18.0 Å². The SMILES string of the molecule is CN(C)c1nc(NC2CCC(Cc3cccc(C(N)=O)c3OC(F)(F)F)CC2)nc2ccccc12.Cl. The van der Waals surface area contributed by atoms with Crippen molar-refractivity contribution in [2.45, 2.75) is 44.5 Å². The number of nitrogens with two attached hydrogens (primary N) is 1. The summed E-state index contributed by atoms with van der Waals surface area (Å²) in [5.41, 5.74) is 6.21. The van der Waals surface area contributed by atoms with E-state index >= 15 is 0 Å². The summed E-state index contributed by atoms with van der Waals surface area (Å²) in [5, 5.41) is 4.41. The fourth-order valence-corrected chi connectivity index (χ4v) is 4.65. The molecule has 11 heteroatoms. The van der Waals surface area contributed by atoms with Crippen LogP contribution in [0.1, 0.15) is 41.6 Å². The fraction of sp³-hybridized carbons (Fsp3) is 0.400. The largest absolute Gasteiger partial charge is 0.573 e. The number of carbonyl (C=O) groups is 1. The Bertz CT molecular complexity index is 1210. The number of carbonyl (C=O) groups excluding carboxylic acids is 1. The van der Waals surface area contributed by atoms with Crippen LogP contribution in [0.3, 0.4) is 0 Å². The van der Waals surface area contributed by atoms with E-state index in [0.29, 0.717) is 17.9 Å². The lowest BCUT2D eigenvalue weighted by Gasteiger charge is -2.30. The molecule has 1 aromatic heterocycles. The molecule has 0 atom stereocenters. The highest BCUT2D eigenvalue weighted by Crippen LogP contribution is 2.35. The number of nitrogens with zero attached hydrogens (tertiary/aromatic N) is 3. The molecule has 1 aliphatic rings. The van der Waals surface area contributed by atoms with Crippen molar-refractivity contribution in [3.05, 3.63) is 53.6 Å². The lowest BCUT2D eigenvalue weighted by atomic mass is 9.82. The minimum Gasteiger partial charge on any atom is -0.405 e. The lowest BCUT2D eigenvalue weighted by Crippen LogP contribution is -2.28. The Morgan fingerprint density at radius 1 is 1.08 bits per heavy atom. The van der Waals surface area contributed by atoms with E-state index in [0.717, 1.165) is 42.4 Å². The van der Waals surface area contributed by atoms with Gasteiger partial charge in [-0.3, -0.25) is 4.79 Å². The van der Waals surface area contributed by atoms with Crippen molar-refractivity contribution in [1.82, 2.24) is 9.97 Å². The number of hydrogen-bond acceptors (Lipinski definition) is 6. The van der Waals surface area contributed by atoms with Gasteiger partial charge in [0.1, 0.15) is 11.6 Å². The molecule has 1 amide bonds. The number of alkyl halides is 3. The second kappa shape index (κ2) is 11.2. The van der Waals surface area contributed by atoms with Crippen LogP contribution < -0.4 is 20.7 Å². The normalized spacial score (nSPS) is 17.8. The maximum absolute atomic E-state index is 13.0. The molecule has 1 saturated carbocycles. The Balaban J connectivity index is 0.00000361. The molecular formula is C25H29ClF3N5O2. The van der Waals surface area contributed by atoms with Crippen molar-refractivity contribution < 1.29 is 22.7 Å². The molecule has 2 aromatic carbocycles. The number of amides is 1. The molecule has 3 N–H and O–H groups in total. The van der Waals surface area contributed by atoms with Gasteiger partial charge >= 0.3 is 6.36 Å². The molecule has 194 valence electrons. The third-order valence-electron chi connectivity index (χ3n) is 6.28. The molecule has 3 aromatic rings. The maximum atomic E-state index is 13.0. The molecule has 1 aliphatic carbocycles. The van der Waals surface area contributed by atoms with Crippen LogP contribution in [0, 0.1) is 5.92 Å². The van der Waals surface area contributed by atoms with Gasteiger partial charge in [-0.05, 0) is 61.8 Å². The quantitative estimate of drug-likeness (QED) is 0.435. The highest BCUT2D eigenvalue weighted by Gasteiger charge is 2.34. The van der Waals surface area contributed by atoms with Gasteiger partial charge < -0.3 is 20.7 Å². The molecule has 0 spiro atoms. The van der Waals surface area contributed by atoms with E-state index in [1.165, 1.54) is 12.1 Å². The zero-order valence-electron chi connectivity index (χ0n) is 20.0. The lowest BCUT2D eigenvalue weighted by molar-refractivity contribution is -0.275. The van der Waals surface area contributed by atoms with Crippen LogP contribution >= 0.6 is 12.4 Å². The van der Waals surface area contributed by atoms with Crippen LogP contribution in [0.25, 0.3) is 10.9 Å². The first-order valence-electron chi connectivity index (χ1n) is 11.5. The Kier molecular flexibility index (Phi) is 8.50. The number of hydrogen-bond donors (Lipinski definition) is 2. The second-order valence-corrected chi connectivity index (χ2v) is 9.05. The first kappa shape index (κ1) is 27.3. The molecule has 7 nitrogen and oxygen atoms in total. The summed E-state index contributed by atoms with van der Waals surface area (Å²) >= 11 is 0. The zero-order valence-corrected chi connectivity index (χ0v) is 20.8. The molecule has 0 unspecified atom stereocenters. The van der Waals surface area contributed by atoms with Gasteiger partial charge in [0, 0.05) is 25.5 Å². The zero-order chi connectivity index (χ0) is 25.2. The number of fused-ring (bicyclic) bond motifs is 1. The van der Waals surface area contributed by atoms with Crippen molar-refractivity contribution in [2.24, 2.45) is 11.7 Å². The predicted molar refractivity (Wildman–Crippen MR) is 136 cm³/mol. The molecule has 0 saturated heterocycles. The fourth-order valence-electron chi connectivity index (χ4n) is 4.65. The Hall–Kier alpha value is -3.27. The third-order valence-corrected chi connectivity index (χ3v) is 6.28. The standard InChI is InChI=1S/C25H28F3N5O2.ClH/c1-33(2)23-18-7-3-4-9-20(18)31-24(32-23)30-17-12-10-15(11-13-17)14-16-6-5-8-19(22(29)34)21(16)35-25(26,27)28;/h3-9,15,17H,10-14H2,1-2H3,(H2,29,34)(H,30,31,32);1H. The van der Waals surface area contributed by atoms with E-state index in [4.69, 9.17) is 10.7 Å². The van der Waals surface area contributed by atoms with Gasteiger partial charge in [0.25, 0.3) is 5.91 Å². The number of anilines is 2. The molecule has 0 aliphatic heterocycles. The van der Waals surface area contributed by atoms with Crippen LogP contribution in [0.2, 0.25) is 0 Å². The van der Waals surface area contributed by atoms with Crippen LogP contribution in [-0.2, 0) is 6.42 Å². The van der Waals surface area contributed by atoms with E-state index in [1.54, 1.807) is 6.07 Å². The summed E-state index contributed by atoms with van der Waals surface area (Å²) in [5.74, 6) is 0.103. The minimum atomic E-state index is -4.91. The number of ether oxygens (including phenoxy) is 1. The highest BCUT2D eigenvalue weighted by atomic mass is 35.5. The number of rotatable bonds is 7. The molecule has 1 fully saturated rings. The van der Waals surface area contributed by atoms with Gasteiger partial charge in [-0.25, -0.2) is 4.98 Å². The Morgan fingerprint density at radius 3 is 2.42 bits per heavy atom. The number of nitrogens with one attached hydrogen (secondary N) is 1. The summed E-state index contributed by atoms with van der Waals surface area (Å²) in [6.07, 6.45) is -1.29. The number of primary amides is 1. The van der Waals surface area contributed by atoms with Crippen molar-refractivity contribution in [1.29, 1.82) is 0 Å². The van der Waals surface area contributed by atoms with Gasteiger partial charge in [0.05, 0.1) is 11.1 Å². The summed E-state index contributed by atoms with van der Waals surface area (Å²) in [6.45, 7) is 0. The predicted octanol–water partition coefficient (Wildman–Crippen LogP) is 5.33. The molecular weight excluding hydrogens is 495 g/mol. The van der Waals surface area contributed by atoms with Gasteiger partial charge in [-0.15, -0.1) is 25.6 Å². The van der Waals surface area contributed by atoms with Gasteiger partial charge in [0.2, 0.25) is 5.95 Å². The number of para-hydroxylation sites is 2. The average molecular weight is 524 g/mol. The van der Waals surface area contributed by atoms with Crippen molar-refractivity contribution >= 4 is 41.0 Å². The van der Waals surface area contributed by atoms with E-state index in [9.17, 15) is 18.0 Å². The maximum Gasteiger partial charge on any atom is 0.573 e. The van der Waals surface area contributed by atoms with Crippen LogP contribution in [0.5, 0.6) is 5.75 Å².